The van der Waals surface area contributed by atoms with Crippen LogP contribution in [0.5, 0.6) is 0 Å². The summed E-state index contributed by atoms with van der Waals surface area (Å²) >= 11 is 2.72. The lowest BCUT2D eigenvalue weighted by Crippen LogP contribution is -2.44. The number of nitrogens with one attached hydrogen (secondary N) is 1. The van der Waals surface area contributed by atoms with Gasteiger partial charge in [0.2, 0.25) is 11.0 Å². The summed E-state index contributed by atoms with van der Waals surface area (Å²) in [6.07, 6.45) is 0.978. The van der Waals surface area contributed by atoms with E-state index < -0.39 is 28.5 Å². The minimum Gasteiger partial charge on any atom is -0.299 e. The molecule has 1 heterocycles. The van der Waals surface area contributed by atoms with Crippen LogP contribution in [0.15, 0.2) is 28.6 Å². The first-order valence-electron chi connectivity index (χ1n) is 7.96. The van der Waals surface area contributed by atoms with Gasteiger partial charge in [0.1, 0.15) is 12.4 Å². The van der Waals surface area contributed by atoms with Crippen LogP contribution in [-0.4, -0.2) is 55.2 Å². The molecule has 27 heavy (non-hydrogen) atoms. The maximum absolute atomic E-state index is 14.2. The molecule has 1 aromatic heterocycles. The Morgan fingerprint density at radius 1 is 1.30 bits per heavy atom. The Hall–Kier alpha value is -1.76. The van der Waals surface area contributed by atoms with Gasteiger partial charge in [-0.2, -0.15) is 12.7 Å². The first kappa shape index (κ1) is 21.5. The van der Waals surface area contributed by atoms with Gasteiger partial charge >= 0.3 is 10.2 Å². The number of carbonyl (C=O) groups is 1. The van der Waals surface area contributed by atoms with E-state index in [9.17, 15) is 17.6 Å². The molecule has 12 heteroatoms. The van der Waals surface area contributed by atoms with E-state index in [4.69, 9.17) is 0 Å². The molecule has 0 atom stereocenters. The second-order valence-corrected chi connectivity index (χ2v) is 9.90. The largest absolute Gasteiger partial charge is 0.304 e. The van der Waals surface area contributed by atoms with Crippen LogP contribution in [0.2, 0.25) is 0 Å². The number of rotatable bonds is 9. The quantitative estimate of drug-likeness (QED) is 0.482. The van der Waals surface area contributed by atoms with Gasteiger partial charge in [0.15, 0.2) is 4.34 Å². The normalized spacial score (nSPS) is 11.6. The summed E-state index contributed by atoms with van der Waals surface area (Å²) in [6, 6.07) is 5.37. The van der Waals surface area contributed by atoms with Crippen molar-refractivity contribution in [2.75, 3.05) is 36.0 Å². The molecule has 0 spiro atoms. The molecule has 0 bridgehead atoms. The number of halogens is 1. The highest BCUT2D eigenvalue weighted by atomic mass is 32.2. The lowest BCUT2D eigenvalue weighted by atomic mass is 10.3. The van der Waals surface area contributed by atoms with Crippen LogP contribution in [0.3, 0.4) is 0 Å². The van der Waals surface area contributed by atoms with Crippen molar-refractivity contribution >= 4 is 50.0 Å². The molecular weight excluding hydrogens is 413 g/mol. The highest BCUT2D eigenvalue weighted by Crippen LogP contribution is 2.26. The third-order valence-electron chi connectivity index (χ3n) is 3.23. The van der Waals surface area contributed by atoms with Gasteiger partial charge in [-0.25, -0.2) is 8.70 Å². The summed E-state index contributed by atoms with van der Waals surface area (Å²) < 4.78 is 41.6. The molecular formula is C15H20FN5O3S3. The van der Waals surface area contributed by atoms with Gasteiger partial charge < -0.3 is 0 Å². The Bertz CT molecular complexity index is 888. The average molecular weight is 434 g/mol. The van der Waals surface area contributed by atoms with Crippen LogP contribution in [0, 0.1) is 5.82 Å². The molecule has 0 radical (unpaired) electrons. The number of amides is 1. The second-order valence-electron chi connectivity index (χ2n) is 5.52. The van der Waals surface area contributed by atoms with Crippen LogP contribution >= 0.6 is 23.1 Å². The maximum atomic E-state index is 14.2. The Balaban J connectivity index is 2.19. The van der Waals surface area contributed by atoms with Gasteiger partial charge in [0.05, 0.1) is 5.69 Å². The Morgan fingerprint density at radius 2 is 2.00 bits per heavy atom. The van der Waals surface area contributed by atoms with E-state index in [1.54, 1.807) is 0 Å². The zero-order valence-electron chi connectivity index (χ0n) is 15.0. The molecule has 0 aliphatic carbocycles. The number of anilines is 2. The standard InChI is InChI=1S/C15H20FN5O3S3/c1-4-9-25-15-19-18-14(26-15)17-13(22)10-21(27(23,24)20(2)3)12-8-6-5-7-11(12)16/h5-8H,4,9-10H2,1-3H3,(H,17,18,22). The summed E-state index contributed by atoms with van der Waals surface area (Å²) in [7, 11) is -1.46. The zero-order chi connectivity index (χ0) is 20.0. The fraction of sp³-hybridized carbons (Fsp3) is 0.400. The summed E-state index contributed by atoms with van der Waals surface area (Å²) in [5.74, 6) is -0.512. The lowest BCUT2D eigenvalue weighted by molar-refractivity contribution is -0.114. The zero-order valence-corrected chi connectivity index (χ0v) is 17.5. The summed E-state index contributed by atoms with van der Waals surface area (Å²) in [5, 5.41) is 10.6. The predicted octanol–water partition coefficient (Wildman–Crippen LogP) is 2.43. The first-order valence-corrected chi connectivity index (χ1v) is 11.2. The molecule has 0 aliphatic heterocycles. The van der Waals surface area contributed by atoms with Crippen LogP contribution < -0.4 is 9.62 Å². The summed E-state index contributed by atoms with van der Waals surface area (Å²) in [5.41, 5.74) is -0.210. The van der Waals surface area contributed by atoms with E-state index in [2.05, 4.69) is 15.5 Å². The third-order valence-corrected chi connectivity index (χ3v) is 7.21. The second kappa shape index (κ2) is 9.44. The number of para-hydroxylation sites is 1. The Kier molecular flexibility index (Phi) is 7.53. The van der Waals surface area contributed by atoms with Gasteiger partial charge in [-0.3, -0.25) is 10.1 Å². The fourth-order valence-corrected chi connectivity index (χ4v) is 4.70. The van der Waals surface area contributed by atoms with Gasteiger partial charge in [-0.05, 0) is 18.6 Å². The van der Waals surface area contributed by atoms with E-state index in [1.165, 1.54) is 55.4 Å². The Morgan fingerprint density at radius 3 is 2.63 bits per heavy atom. The van der Waals surface area contributed by atoms with Gasteiger partial charge in [-0.1, -0.05) is 42.2 Å². The lowest BCUT2D eigenvalue weighted by Gasteiger charge is -2.26. The van der Waals surface area contributed by atoms with E-state index in [0.717, 1.165) is 22.5 Å². The molecule has 1 amide bonds. The topological polar surface area (TPSA) is 95.5 Å². The van der Waals surface area contributed by atoms with E-state index >= 15 is 0 Å². The smallest absolute Gasteiger partial charge is 0.299 e. The molecule has 0 aliphatic rings. The number of hydrogen-bond donors (Lipinski definition) is 1. The van der Waals surface area contributed by atoms with Crippen molar-refractivity contribution in [1.29, 1.82) is 0 Å². The molecule has 0 unspecified atom stereocenters. The monoisotopic (exact) mass is 433 g/mol. The maximum Gasteiger partial charge on any atom is 0.304 e. The van der Waals surface area contributed by atoms with Crippen LogP contribution in [0.4, 0.5) is 15.2 Å². The number of thioether (sulfide) groups is 1. The SMILES string of the molecule is CCCSc1nnc(NC(=O)CN(c2ccccc2F)S(=O)(=O)N(C)C)s1. The molecule has 0 fully saturated rings. The minimum absolute atomic E-state index is 0.210. The van der Waals surface area contributed by atoms with Crippen LogP contribution in [0.1, 0.15) is 13.3 Å². The molecule has 0 saturated heterocycles. The van der Waals surface area contributed by atoms with Crippen molar-refractivity contribution in [3.05, 3.63) is 30.1 Å². The van der Waals surface area contributed by atoms with Crippen molar-refractivity contribution < 1.29 is 17.6 Å². The molecule has 2 aromatic rings. The van der Waals surface area contributed by atoms with Gasteiger partial charge in [0.25, 0.3) is 0 Å². The first-order chi connectivity index (χ1) is 12.8. The van der Waals surface area contributed by atoms with Crippen molar-refractivity contribution in [3.8, 4) is 0 Å². The number of hydrogen-bond acceptors (Lipinski definition) is 7. The summed E-state index contributed by atoms with van der Waals surface area (Å²) in [4.78, 5) is 12.4. The molecule has 1 N–H and O–H groups in total. The molecule has 2 rings (SSSR count). The van der Waals surface area contributed by atoms with Crippen molar-refractivity contribution in [3.63, 3.8) is 0 Å². The van der Waals surface area contributed by atoms with E-state index in [1.807, 2.05) is 6.92 Å². The Labute approximate surface area is 166 Å². The van der Waals surface area contributed by atoms with Crippen molar-refractivity contribution in [1.82, 2.24) is 14.5 Å². The third kappa shape index (κ3) is 5.61. The van der Waals surface area contributed by atoms with Gasteiger partial charge in [-0.15, -0.1) is 10.2 Å². The number of carbonyl (C=O) groups excluding carboxylic acids is 1. The van der Waals surface area contributed by atoms with E-state index in [-0.39, 0.29) is 10.8 Å². The highest BCUT2D eigenvalue weighted by molar-refractivity contribution is 8.01. The highest BCUT2D eigenvalue weighted by Gasteiger charge is 2.29. The fourth-order valence-electron chi connectivity index (χ4n) is 1.94. The summed E-state index contributed by atoms with van der Waals surface area (Å²) in [6.45, 7) is 1.44. The average Bonchev–Trinajstić information content (AvgIpc) is 3.05. The molecule has 1 aromatic carbocycles. The van der Waals surface area contributed by atoms with Crippen molar-refractivity contribution in [2.24, 2.45) is 0 Å². The number of nitrogens with zero attached hydrogens (tertiary/aromatic N) is 4. The number of benzene rings is 1. The molecule has 148 valence electrons. The van der Waals surface area contributed by atoms with Crippen molar-refractivity contribution in [2.45, 2.75) is 17.7 Å². The van der Waals surface area contributed by atoms with E-state index in [0.29, 0.717) is 8.64 Å². The van der Waals surface area contributed by atoms with Gasteiger partial charge in [0, 0.05) is 19.8 Å². The molecule has 8 nitrogen and oxygen atoms in total. The molecule has 0 saturated carbocycles. The van der Waals surface area contributed by atoms with Crippen LogP contribution in [0.25, 0.3) is 0 Å². The van der Waals surface area contributed by atoms with Crippen LogP contribution in [-0.2, 0) is 15.0 Å². The minimum atomic E-state index is -4.08. The predicted molar refractivity (Wildman–Crippen MR) is 106 cm³/mol. The number of aromatic nitrogens is 2.